The van der Waals surface area contributed by atoms with E-state index in [1.165, 1.54) is 58.4 Å². The predicted molar refractivity (Wildman–Crippen MR) is 73.1 cm³/mol. The molecule has 1 saturated heterocycles. The lowest BCUT2D eigenvalue weighted by atomic mass is 9.83. The second-order valence-corrected chi connectivity index (χ2v) is 6.03. The first-order valence-electron chi connectivity index (χ1n) is 7.42. The van der Waals surface area contributed by atoms with Gasteiger partial charge in [0.05, 0.1) is 0 Å². The van der Waals surface area contributed by atoms with Crippen LogP contribution in [-0.2, 0) is 0 Å². The molecule has 0 spiro atoms. The summed E-state index contributed by atoms with van der Waals surface area (Å²) in [6, 6.07) is 1.08. The third-order valence-electron chi connectivity index (χ3n) is 4.55. The highest BCUT2D eigenvalue weighted by atomic mass is 15.3. The smallest absolute Gasteiger partial charge is 0.0250 e. The van der Waals surface area contributed by atoms with Crippen LogP contribution in [0.4, 0.5) is 0 Å². The third kappa shape index (κ3) is 3.43. The fourth-order valence-corrected chi connectivity index (χ4v) is 3.43. The minimum absolute atomic E-state index is 0.420. The van der Waals surface area contributed by atoms with E-state index in [1.807, 2.05) is 0 Å². The molecule has 1 aliphatic carbocycles. The van der Waals surface area contributed by atoms with Crippen LogP contribution in [0.25, 0.3) is 0 Å². The Bertz CT molecular complexity index is 224. The van der Waals surface area contributed by atoms with E-state index in [0.29, 0.717) is 12.1 Å². The minimum Gasteiger partial charge on any atom is -0.326 e. The van der Waals surface area contributed by atoms with Gasteiger partial charge in [-0.1, -0.05) is 13.8 Å². The quantitative estimate of drug-likeness (QED) is 0.811. The fraction of sp³-hybridized carbons (Fsp3) is 1.00. The lowest BCUT2D eigenvalue weighted by Crippen LogP contribution is -2.57. The van der Waals surface area contributed by atoms with Gasteiger partial charge in [0, 0.05) is 38.3 Å². The van der Waals surface area contributed by atoms with Gasteiger partial charge in [-0.15, -0.1) is 0 Å². The fourth-order valence-electron chi connectivity index (χ4n) is 3.43. The van der Waals surface area contributed by atoms with Gasteiger partial charge in [0.15, 0.2) is 0 Å². The van der Waals surface area contributed by atoms with Crippen LogP contribution in [0.3, 0.4) is 0 Å². The lowest BCUT2D eigenvalue weighted by Gasteiger charge is -2.44. The highest BCUT2D eigenvalue weighted by molar-refractivity contribution is 4.90. The summed E-state index contributed by atoms with van der Waals surface area (Å²) >= 11 is 0. The van der Waals surface area contributed by atoms with E-state index < -0.39 is 0 Å². The Morgan fingerprint density at radius 2 is 1.82 bits per heavy atom. The molecule has 3 atom stereocenters. The highest BCUT2D eigenvalue weighted by Crippen LogP contribution is 2.27. The highest BCUT2D eigenvalue weighted by Gasteiger charge is 2.32. The lowest BCUT2D eigenvalue weighted by molar-refractivity contribution is 0.0588. The van der Waals surface area contributed by atoms with E-state index in [0.717, 1.165) is 5.92 Å². The third-order valence-corrected chi connectivity index (χ3v) is 4.55. The van der Waals surface area contributed by atoms with E-state index in [1.54, 1.807) is 0 Å². The molecule has 2 N–H and O–H groups in total. The molecule has 3 nitrogen and oxygen atoms in total. The van der Waals surface area contributed by atoms with Crippen molar-refractivity contribution >= 4 is 0 Å². The first-order valence-corrected chi connectivity index (χ1v) is 7.42. The van der Waals surface area contributed by atoms with Crippen molar-refractivity contribution in [1.82, 2.24) is 9.80 Å². The second-order valence-electron chi connectivity index (χ2n) is 6.03. The van der Waals surface area contributed by atoms with E-state index in [4.69, 9.17) is 5.73 Å². The first kappa shape index (κ1) is 13.3. The number of nitrogens with two attached hydrogens (primary N) is 1. The zero-order valence-electron chi connectivity index (χ0n) is 11.6. The van der Waals surface area contributed by atoms with Crippen LogP contribution in [0.1, 0.15) is 39.5 Å². The number of hydrogen-bond acceptors (Lipinski definition) is 3. The molecule has 2 rings (SSSR count). The number of rotatable bonds is 3. The molecule has 100 valence electrons. The Hall–Kier alpha value is -0.120. The van der Waals surface area contributed by atoms with E-state index in [2.05, 4.69) is 23.6 Å². The van der Waals surface area contributed by atoms with Crippen LogP contribution in [0.15, 0.2) is 0 Å². The SMILES string of the molecule is CCCN1CCN(C2CC(C)CCC2N)CC1. The van der Waals surface area contributed by atoms with Gasteiger partial charge in [0.1, 0.15) is 0 Å². The van der Waals surface area contributed by atoms with Crippen molar-refractivity contribution in [2.45, 2.75) is 51.6 Å². The van der Waals surface area contributed by atoms with Crippen LogP contribution >= 0.6 is 0 Å². The van der Waals surface area contributed by atoms with Gasteiger partial charge >= 0.3 is 0 Å². The maximum Gasteiger partial charge on any atom is 0.0250 e. The summed E-state index contributed by atoms with van der Waals surface area (Å²) in [5.74, 6) is 0.869. The van der Waals surface area contributed by atoms with E-state index >= 15 is 0 Å². The molecular weight excluding hydrogens is 210 g/mol. The molecule has 3 heteroatoms. The van der Waals surface area contributed by atoms with Crippen molar-refractivity contribution in [1.29, 1.82) is 0 Å². The van der Waals surface area contributed by atoms with Crippen LogP contribution in [0, 0.1) is 5.92 Å². The Balaban J connectivity index is 1.82. The van der Waals surface area contributed by atoms with Crippen LogP contribution in [-0.4, -0.2) is 54.6 Å². The van der Waals surface area contributed by atoms with Gasteiger partial charge < -0.3 is 10.6 Å². The van der Waals surface area contributed by atoms with Gasteiger partial charge in [0.2, 0.25) is 0 Å². The molecule has 1 aliphatic heterocycles. The van der Waals surface area contributed by atoms with Crippen molar-refractivity contribution in [3.05, 3.63) is 0 Å². The van der Waals surface area contributed by atoms with Crippen molar-refractivity contribution in [3.63, 3.8) is 0 Å². The summed E-state index contributed by atoms with van der Waals surface area (Å²) < 4.78 is 0. The summed E-state index contributed by atoms with van der Waals surface area (Å²) in [4.78, 5) is 5.25. The topological polar surface area (TPSA) is 32.5 Å². The Morgan fingerprint density at radius 3 is 2.47 bits per heavy atom. The summed E-state index contributed by atoms with van der Waals surface area (Å²) in [6.07, 6.45) is 5.14. The molecule has 1 heterocycles. The van der Waals surface area contributed by atoms with Crippen LogP contribution in [0.2, 0.25) is 0 Å². The molecule has 17 heavy (non-hydrogen) atoms. The van der Waals surface area contributed by atoms with Gasteiger partial charge in [-0.2, -0.15) is 0 Å². The molecule has 0 radical (unpaired) electrons. The van der Waals surface area contributed by atoms with Gasteiger partial charge in [0.25, 0.3) is 0 Å². The Labute approximate surface area is 106 Å². The van der Waals surface area contributed by atoms with Crippen molar-refractivity contribution < 1.29 is 0 Å². The summed E-state index contributed by atoms with van der Waals surface area (Å²) in [5, 5.41) is 0. The zero-order chi connectivity index (χ0) is 12.3. The summed E-state index contributed by atoms with van der Waals surface area (Å²) in [5.41, 5.74) is 6.31. The molecule has 0 aromatic heterocycles. The molecule has 0 aromatic carbocycles. The van der Waals surface area contributed by atoms with E-state index in [-0.39, 0.29) is 0 Å². The minimum atomic E-state index is 0.420. The number of piperazine rings is 1. The molecule has 3 unspecified atom stereocenters. The summed E-state index contributed by atoms with van der Waals surface area (Å²) in [6.45, 7) is 10.9. The Kier molecular flexibility index (Phi) is 4.83. The van der Waals surface area contributed by atoms with Crippen LogP contribution < -0.4 is 5.73 Å². The molecule has 1 saturated carbocycles. The first-order chi connectivity index (χ1) is 8.20. The van der Waals surface area contributed by atoms with Gasteiger partial charge in [-0.25, -0.2) is 0 Å². The Morgan fingerprint density at radius 1 is 1.12 bits per heavy atom. The summed E-state index contributed by atoms with van der Waals surface area (Å²) in [7, 11) is 0. The van der Waals surface area contributed by atoms with Crippen molar-refractivity contribution in [3.8, 4) is 0 Å². The largest absolute Gasteiger partial charge is 0.326 e. The standard InChI is InChI=1S/C14H29N3/c1-3-6-16-7-9-17(10-8-16)14-11-12(2)4-5-13(14)15/h12-14H,3-11,15H2,1-2H3. The number of nitrogens with zero attached hydrogens (tertiary/aromatic N) is 2. The molecule has 0 aromatic rings. The molecular formula is C14H29N3. The van der Waals surface area contributed by atoms with Gasteiger partial charge in [-0.3, -0.25) is 4.90 Å². The maximum atomic E-state index is 6.31. The normalized spacial score (nSPS) is 37.2. The monoisotopic (exact) mass is 239 g/mol. The van der Waals surface area contributed by atoms with Crippen molar-refractivity contribution in [2.75, 3.05) is 32.7 Å². The van der Waals surface area contributed by atoms with Crippen molar-refractivity contribution in [2.24, 2.45) is 11.7 Å². The molecule has 2 aliphatic rings. The predicted octanol–water partition coefficient (Wildman–Crippen LogP) is 1.53. The second kappa shape index (κ2) is 6.17. The van der Waals surface area contributed by atoms with Gasteiger partial charge in [-0.05, 0) is 38.1 Å². The maximum absolute atomic E-state index is 6.31. The molecule has 2 fully saturated rings. The average Bonchev–Trinajstić information content (AvgIpc) is 2.34. The van der Waals surface area contributed by atoms with E-state index in [9.17, 15) is 0 Å². The average molecular weight is 239 g/mol. The molecule has 0 bridgehead atoms. The van der Waals surface area contributed by atoms with Crippen LogP contribution in [0.5, 0.6) is 0 Å². The zero-order valence-corrected chi connectivity index (χ0v) is 11.6. The molecule has 0 amide bonds. The number of hydrogen-bond donors (Lipinski definition) is 1.